The van der Waals surface area contributed by atoms with E-state index in [-0.39, 0.29) is 43.0 Å². The number of hydrogen-bond donors (Lipinski definition) is 3. The molecule has 33 heavy (non-hydrogen) atoms. The summed E-state index contributed by atoms with van der Waals surface area (Å²) in [6.45, 7) is 0.171. The van der Waals surface area contributed by atoms with Crippen molar-refractivity contribution < 1.29 is 24.2 Å². The SMILES string of the molecule is O=C(C[C@H]1C[C@@H]2c3cc(NC(=O)CC4CC4)ccc3O[C@@H]2[C@H](CO)O1)NCc1ccccn1. The Morgan fingerprint density at radius 1 is 1.12 bits per heavy atom. The Labute approximate surface area is 192 Å². The number of ether oxygens (including phenoxy) is 2. The molecule has 1 aromatic carbocycles. The number of nitrogens with one attached hydrogen (secondary N) is 2. The van der Waals surface area contributed by atoms with Gasteiger partial charge in [-0.15, -0.1) is 0 Å². The summed E-state index contributed by atoms with van der Waals surface area (Å²) in [6, 6.07) is 11.2. The zero-order valence-electron chi connectivity index (χ0n) is 18.4. The van der Waals surface area contributed by atoms with Gasteiger partial charge in [0.1, 0.15) is 18.0 Å². The van der Waals surface area contributed by atoms with E-state index >= 15 is 0 Å². The van der Waals surface area contributed by atoms with Gasteiger partial charge < -0.3 is 25.2 Å². The third-order valence-corrected chi connectivity index (χ3v) is 6.56. The second-order valence-corrected chi connectivity index (χ2v) is 9.15. The lowest BCUT2D eigenvalue weighted by Crippen LogP contribution is -2.47. The maximum Gasteiger partial charge on any atom is 0.224 e. The molecule has 3 aliphatic rings. The van der Waals surface area contributed by atoms with Crippen molar-refractivity contribution in [2.24, 2.45) is 5.92 Å². The number of benzene rings is 1. The Kier molecular flexibility index (Phi) is 6.28. The van der Waals surface area contributed by atoms with Crippen molar-refractivity contribution in [1.82, 2.24) is 10.3 Å². The van der Waals surface area contributed by atoms with Crippen LogP contribution in [0.5, 0.6) is 5.75 Å². The van der Waals surface area contributed by atoms with E-state index in [2.05, 4.69) is 15.6 Å². The number of fused-ring (bicyclic) bond motifs is 3. The standard InChI is InChI=1S/C25H29N3O5/c29-14-22-25-20(11-18(32-22)12-23(30)27-13-17-3-1-2-8-26-17)19-10-16(6-7-21(19)33-25)28-24(31)9-15-4-5-15/h1-3,6-8,10,15,18,20,22,25,29H,4-5,9,11-14H2,(H,27,30)(H,28,31)/t18-,20-,22+,25+/m1/s1. The summed E-state index contributed by atoms with van der Waals surface area (Å²) in [7, 11) is 0. The molecular formula is C25H29N3O5. The normalized spacial score (nSPS) is 25.5. The quantitative estimate of drug-likeness (QED) is 0.569. The number of hydrogen-bond acceptors (Lipinski definition) is 6. The smallest absolute Gasteiger partial charge is 0.224 e. The van der Waals surface area contributed by atoms with E-state index in [0.717, 1.165) is 35.5 Å². The molecule has 4 atom stereocenters. The number of anilines is 1. The molecule has 2 amide bonds. The summed E-state index contributed by atoms with van der Waals surface area (Å²) < 4.78 is 12.1. The van der Waals surface area contributed by atoms with Gasteiger partial charge in [0.15, 0.2) is 0 Å². The average molecular weight is 452 g/mol. The van der Waals surface area contributed by atoms with Crippen molar-refractivity contribution >= 4 is 17.5 Å². The average Bonchev–Trinajstić information content (AvgIpc) is 3.56. The van der Waals surface area contributed by atoms with Crippen LogP contribution in [0.3, 0.4) is 0 Å². The Morgan fingerprint density at radius 2 is 2.00 bits per heavy atom. The van der Waals surface area contributed by atoms with Crippen LogP contribution in [-0.4, -0.2) is 46.8 Å². The molecule has 1 saturated heterocycles. The Hall–Kier alpha value is -2.97. The highest BCUT2D eigenvalue weighted by atomic mass is 16.6. The molecule has 2 aliphatic heterocycles. The molecule has 2 fully saturated rings. The highest BCUT2D eigenvalue weighted by Crippen LogP contribution is 2.47. The van der Waals surface area contributed by atoms with E-state index < -0.39 is 6.10 Å². The third kappa shape index (κ3) is 5.17. The number of carbonyl (C=O) groups excluding carboxylic acids is 2. The van der Waals surface area contributed by atoms with Gasteiger partial charge in [0.2, 0.25) is 11.8 Å². The van der Waals surface area contributed by atoms with E-state index in [9.17, 15) is 14.7 Å². The molecule has 1 aliphatic carbocycles. The van der Waals surface area contributed by atoms with Gasteiger partial charge in [0.05, 0.1) is 31.4 Å². The van der Waals surface area contributed by atoms with E-state index in [1.54, 1.807) is 6.20 Å². The van der Waals surface area contributed by atoms with Gasteiger partial charge in [-0.2, -0.15) is 0 Å². The first-order valence-electron chi connectivity index (χ1n) is 11.6. The fourth-order valence-electron chi connectivity index (χ4n) is 4.73. The monoisotopic (exact) mass is 451 g/mol. The molecule has 0 radical (unpaired) electrons. The van der Waals surface area contributed by atoms with Crippen LogP contribution in [0, 0.1) is 5.92 Å². The van der Waals surface area contributed by atoms with Crippen molar-refractivity contribution in [3.05, 3.63) is 53.9 Å². The van der Waals surface area contributed by atoms with Crippen LogP contribution in [0.4, 0.5) is 5.69 Å². The number of aliphatic hydroxyl groups is 1. The van der Waals surface area contributed by atoms with Crippen molar-refractivity contribution in [3.63, 3.8) is 0 Å². The van der Waals surface area contributed by atoms with Crippen LogP contribution in [0.1, 0.15) is 49.3 Å². The van der Waals surface area contributed by atoms with Gasteiger partial charge >= 0.3 is 0 Å². The molecular weight excluding hydrogens is 422 g/mol. The Morgan fingerprint density at radius 3 is 2.76 bits per heavy atom. The first-order chi connectivity index (χ1) is 16.1. The molecule has 2 aromatic rings. The van der Waals surface area contributed by atoms with Crippen LogP contribution < -0.4 is 15.4 Å². The second kappa shape index (κ2) is 9.49. The summed E-state index contributed by atoms with van der Waals surface area (Å²) in [6.07, 6.45) is 4.16. The zero-order valence-corrected chi connectivity index (χ0v) is 18.4. The molecule has 0 unspecified atom stereocenters. The predicted molar refractivity (Wildman–Crippen MR) is 121 cm³/mol. The number of rotatable bonds is 8. The minimum Gasteiger partial charge on any atom is -0.487 e. The zero-order chi connectivity index (χ0) is 22.8. The minimum absolute atomic E-state index is 0.0141. The second-order valence-electron chi connectivity index (χ2n) is 9.15. The molecule has 8 nitrogen and oxygen atoms in total. The summed E-state index contributed by atoms with van der Waals surface area (Å²) >= 11 is 0. The third-order valence-electron chi connectivity index (χ3n) is 6.56. The molecule has 5 rings (SSSR count). The molecule has 8 heteroatoms. The van der Waals surface area contributed by atoms with Gasteiger partial charge in [-0.05, 0) is 55.5 Å². The molecule has 3 heterocycles. The lowest BCUT2D eigenvalue weighted by atomic mass is 9.84. The first kappa shape index (κ1) is 21.9. The summed E-state index contributed by atoms with van der Waals surface area (Å²) in [5.41, 5.74) is 2.53. The fraction of sp³-hybridized carbons (Fsp3) is 0.480. The Bertz CT molecular complexity index is 1010. The molecule has 174 valence electrons. The summed E-state index contributed by atoms with van der Waals surface area (Å²) in [5, 5.41) is 15.8. The van der Waals surface area contributed by atoms with E-state index in [1.807, 2.05) is 36.4 Å². The lowest BCUT2D eigenvalue weighted by molar-refractivity contribution is -0.142. The number of pyridine rings is 1. The molecule has 1 saturated carbocycles. The van der Waals surface area contributed by atoms with Gasteiger partial charge in [-0.3, -0.25) is 14.6 Å². The van der Waals surface area contributed by atoms with Gasteiger partial charge in [0.25, 0.3) is 0 Å². The van der Waals surface area contributed by atoms with E-state index in [0.29, 0.717) is 25.3 Å². The van der Waals surface area contributed by atoms with Crippen LogP contribution in [0.2, 0.25) is 0 Å². The van der Waals surface area contributed by atoms with E-state index in [4.69, 9.17) is 9.47 Å². The molecule has 3 N–H and O–H groups in total. The first-order valence-corrected chi connectivity index (χ1v) is 11.6. The fourth-order valence-corrected chi connectivity index (χ4v) is 4.73. The number of aliphatic hydroxyl groups excluding tert-OH is 1. The number of aromatic nitrogens is 1. The number of nitrogens with zero attached hydrogens (tertiary/aromatic N) is 1. The van der Waals surface area contributed by atoms with E-state index in [1.165, 1.54) is 0 Å². The predicted octanol–water partition coefficient (Wildman–Crippen LogP) is 2.52. The number of amides is 2. The molecule has 0 spiro atoms. The van der Waals surface area contributed by atoms with Crippen molar-refractivity contribution in [2.75, 3.05) is 11.9 Å². The largest absolute Gasteiger partial charge is 0.487 e. The summed E-state index contributed by atoms with van der Waals surface area (Å²) in [4.78, 5) is 29.0. The topological polar surface area (TPSA) is 110 Å². The van der Waals surface area contributed by atoms with Crippen LogP contribution in [0.15, 0.2) is 42.6 Å². The van der Waals surface area contributed by atoms with Gasteiger partial charge in [-0.1, -0.05) is 6.07 Å². The van der Waals surface area contributed by atoms with Gasteiger partial charge in [-0.25, -0.2) is 0 Å². The van der Waals surface area contributed by atoms with Gasteiger partial charge in [0, 0.05) is 29.8 Å². The van der Waals surface area contributed by atoms with Crippen molar-refractivity contribution in [3.8, 4) is 5.75 Å². The van der Waals surface area contributed by atoms with Crippen LogP contribution >= 0.6 is 0 Å². The molecule has 0 bridgehead atoms. The maximum atomic E-state index is 12.5. The summed E-state index contributed by atoms with van der Waals surface area (Å²) in [5.74, 6) is 1.17. The number of carbonyl (C=O) groups is 2. The van der Waals surface area contributed by atoms with Crippen molar-refractivity contribution in [2.45, 2.75) is 62.9 Å². The van der Waals surface area contributed by atoms with Crippen LogP contribution in [-0.2, 0) is 20.9 Å². The minimum atomic E-state index is -0.516. The van der Waals surface area contributed by atoms with Crippen LogP contribution in [0.25, 0.3) is 0 Å². The van der Waals surface area contributed by atoms with Crippen molar-refractivity contribution in [1.29, 1.82) is 0 Å². The maximum absolute atomic E-state index is 12.5. The highest BCUT2D eigenvalue weighted by Gasteiger charge is 2.46. The highest BCUT2D eigenvalue weighted by molar-refractivity contribution is 5.91. The molecule has 1 aromatic heterocycles. The Balaban J connectivity index is 1.24. The lowest BCUT2D eigenvalue weighted by Gasteiger charge is -2.37.